The number of hydrogen-bond acceptors (Lipinski definition) is 3. The highest BCUT2D eigenvalue weighted by molar-refractivity contribution is 5.90. The first-order valence-electron chi connectivity index (χ1n) is 7.93. The first-order valence-corrected chi connectivity index (χ1v) is 7.93. The van der Waals surface area contributed by atoms with Gasteiger partial charge in [-0.3, -0.25) is 9.48 Å². The van der Waals surface area contributed by atoms with Crippen LogP contribution in [0.15, 0.2) is 42.7 Å². The first-order chi connectivity index (χ1) is 10.8. The van der Waals surface area contributed by atoms with E-state index in [1.165, 1.54) is 24.9 Å². The molecular formula is C17H22N4O. The number of nitrogens with zero attached hydrogens (tertiary/aromatic N) is 3. The third-order valence-corrected chi connectivity index (χ3v) is 4.00. The van der Waals surface area contributed by atoms with Crippen molar-refractivity contribution >= 4 is 17.3 Å². The molecule has 5 nitrogen and oxygen atoms in total. The molecule has 0 atom stereocenters. The lowest BCUT2D eigenvalue weighted by Gasteiger charge is -2.28. The number of rotatable bonds is 5. The van der Waals surface area contributed by atoms with Crippen LogP contribution in [0.5, 0.6) is 0 Å². The molecule has 22 heavy (non-hydrogen) atoms. The highest BCUT2D eigenvalue weighted by Gasteiger charge is 2.10. The summed E-state index contributed by atoms with van der Waals surface area (Å²) in [4.78, 5) is 14.3. The van der Waals surface area contributed by atoms with E-state index in [1.54, 1.807) is 10.9 Å². The van der Waals surface area contributed by atoms with E-state index in [0.29, 0.717) is 13.0 Å². The van der Waals surface area contributed by atoms with E-state index >= 15 is 0 Å². The van der Waals surface area contributed by atoms with Crippen molar-refractivity contribution in [2.24, 2.45) is 0 Å². The third kappa shape index (κ3) is 3.87. The molecule has 0 spiro atoms. The average Bonchev–Trinajstić information content (AvgIpc) is 3.08. The number of benzene rings is 1. The monoisotopic (exact) mass is 298 g/mol. The van der Waals surface area contributed by atoms with Crippen LogP contribution in [0.25, 0.3) is 0 Å². The summed E-state index contributed by atoms with van der Waals surface area (Å²) in [5.41, 5.74) is 2.10. The van der Waals surface area contributed by atoms with Gasteiger partial charge in [0, 0.05) is 49.8 Å². The number of amides is 1. The lowest BCUT2D eigenvalue weighted by molar-refractivity contribution is -0.116. The fourth-order valence-corrected chi connectivity index (χ4v) is 2.78. The Hall–Kier alpha value is -2.30. The molecule has 1 fully saturated rings. The zero-order chi connectivity index (χ0) is 15.2. The molecule has 2 heterocycles. The van der Waals surface area contributed by atoms with Gasteiger partial charge < -0.3 is 10.2 Å². The normalized spacial score (nSPS) is 14.8. The zero-order valence-electron chi connectivity index (χ0n) is 12.7. The number of hydrogen-bond donors (Lipinski definition) is 1. The molecule has 2 aromatic rings. The van der Waals surface area contributed by atoms with Crippen molar-refractivity contribution in [3.05, 3.63) is 42.7 Å². The van der Waals surface area contributed by atoms with Crippen molar-refractivity contribution in [2.45, 2.75) is 32.2 Å². The SMILES string of the molecule is O=C(CCn1cccn1)Nc1ccc(N2CCCCC2)cc1. The second-order valence-electron chi connectivity index (χ2n) is 5.66. The van der Waals surface area contributed by atoms with E-state index in [-0.39, 0.29) is 5.91 Å². The Morgan fingerprint density at radius 2 is 1.91 bits per heavy atom. The molecule has 0 bridgehead atoms. The topological polar surface area (TPSA) is 50.2 Å². The average molecular weight is 298 g/mol. The Kier molecular flexibility index (Phi) is 4.73. The van der Waals surface area contributed by atoms with Gasteiger partial charge >= 0.3 is 0 Å². The summed E-state index contributed by atoms with van der Waals surface area (Å²) in [6.07, 6.45) is 7.88. The molecule has 1 saturated heterocycles. The van der Waals surface area contributed by atoms with Gasteiger partial charge in [0.05, 0.1) is 0 Å². The molecule has 0 saturated carbocycles. The Labute approximate surface area is 130 Å². The predicted octanol–water partition coefficient (Wildman–Crippen LogP) is 2.90. The van der Waals surface area contributed by atoms with E-state index in [4.69, 9.17) is 0 Å². The molecule has 0 radical (unpaired) electrons. The van der Waals surface area contributed by atoms with Crippen molar-refractivity contribution in [3.8, 4) is 0 Å². The van der Waals surface area contributed by atoms with Crippen LogP contribution in [-0.4, -0.2) is 28.8 Å². The van der Waals surface area contributed by atoms with Crippen molar-refractivity contribution in [1.29, 1.82) is 0 Å². The molecule has 5 heteroatoms. The number of carbonyl (C=O) groups is 1. The maximum Gasteiger partial charge on any atom is 0.226 e. The highest BCUT2D eigenvalue weighted by Crippen LogP contribution is 2.21. The standard InChI is InChI=1S/C17H22N4O/c22-17(9-14-21-13-4-10-18-21)19-15-5-7-16(8-6-15)20-11-2-1-3-12-20/h4-8,10,13H,1-3,9,11-12,14H2,(H,19,22). The molecule has 1 N–H and O–H groups in total. The lowest BCUT2D eigenvalue weighted by Crippen LogP contribution is -2.29. The molecule has 1 aliphatic rings. The molecule has 0 unspecified atom stereocenters. The highest BCUT2D eigenvalue weighted by atomic mass is 16.1. The number of aromatic nitrogens is 2. The summed E-state index contributed by atoms with van der Waals surface area (Å²) in [7, 11) is 0. The molecule has 1 aromatic heterocycles. The van der Waals surface area contributed by atoms with Crippen molar-refractivity contribution in [3.63, 3.8) is 0 Å². The minimum atomic E-state index is 0.0150. The number of anilines is 2. The van der Waals surface area contributed by atoms with Crippen molar-refractivity contribution in [2.75, 3.05) is 23.3 Å². The third-order valence-electron chi connectivity index (χ3n) is 4.00. The summed E-state index contributed by atoms with van der Waals surface area (Å²) in [6.45, 7) is 2.87. The van der Waals surface area contributed by atoms with Crippen LogP contribution in [0, 0.1) is 0 Å². The predicted molar refractivity (Wildman–Crippen MR) is 88.0 cm³/mol. The zero-order valence-corrected chi connectivity index (χ0v) is 12.7. The smallest absolute Gasteiger partial charge is 0.226 e. The fraction of sp³-hybridized carbons (Fsp3) is 0.412. The lowest BCUT2D eigenvalue weighted by atomic mass is 10.1. The molecule has 116 valence electrons. The van der Waals surface area contributed by atoms with E-state index in [0.717, 1.165) is 18.8 Å². The second kappa shape index (κ2) is 7.11. The van der Waals surface area contributed by atoms with Gasteiger partial charge in [-0.2, -0.15) is 5.10 Å². The van der Waals surface area contributed by atoms with Gasteiger partial charge in [-0.15, -0.1) is 0 Å². The minimum Gasteiger partial charge on any atom is -0.372 e. The molecule has 1 amide bonds. The van der Waals surface area contributed by atoms with Crippen LogP contribution in [0.2, 0.25) is 0 Å². The Bertz CT molecular complexity index is 586. The van der Waals surface area contributed by atoms with Crippen LogP contribution in [0.4, 0.5) is 11.4 Å². The van der Waals surface area contributed by atoms with Gasteiger partial charge in [0.1, 0.15) is 0 Å². The van der Waals surface area contributed by atoms with Crippen LogP contribution in [-0.2, 0) is 11.3 Å². The van der Waals surface area contributed by atoms with E-state index in [1.807, 2.05) is 24.4 Å². The molecule has 0 aliphatic carbocycles. The second-order valence-corrected chi connectivity index (χ2v) is 5.66. The number of piperidine rings is 1. The largest absolute Gasteiger partial charge is 0.372 e. The minimum absolute atomic E-state index is 0.0150. The Balaban J connectivity index is 1.50. The van der Waals surface area contributed by atoms with Crippen LogP contribution >= 0.6 is 0 Å². The summed E-state index contributed by atoms with van der Waals surface area (Å²) < 4.78 is 1.76. The number of carbonyl (C=O) groups excluding carboxylic acids is 1. The van der Waals surface area contributed by atoms with Gasteiger partial charge in [-0.25, -0.2) is 0 Å². The van der Waals surface area contributed by atoms with Crippen molar-refractivity contribution < 1.29 is 4.79 Å². The van der Waals surface area contributed by atoms with Gasteiger partial charge in [-0.05, 0) is 49.6 Å². The van der Waals surface area contributed by atoms with Gasteiger partial charge in [-0.1, -0.05) is 0 Å². The summed E-state index contributed by atoms with van der Waals surface area (Å²) >= 11 is 0. The Morgan fingerprint density at radius 3 is 2.59 bits per heavy atom. The van der Waals surface area contributed by atoms with Crippen LogP contribution in [0.3, 0.4) is 0 Å². The van der Waals surface area contributed by atoms with Crippen LogP contribution < -0.4 is 10.2 Å². The summed E-state index contributed by atoms with van der Waals surface area (Å²) in [6, 6.07) is 10.0. The summed E-state index contributed by atoms with van der Waals surface area (Å²) in [5.74, 6) is 0.0150. The van der Waals surface area contributed by atoms with Crippen molar-refractivity contribution in [1.82, 2.24) is 9.78 Å². The fourth-order valence-electron chi connectivity index (χ4n) is 2.78. The van der Waals surface area contributed by atoms with Gasteiger partial charge in [0.15, 0.2) is 0 Å². The van der Waals surface area contributed by atoms with Gasteiger partial charge in [0.25, 0.3) is 0 Å². The number of nitrogens with one attached hydrogen (secondary N) is 1. The quantitative estimate of drug-likeness (QED) is 0.923. The van der Waals surface area contributed by atoms with E-state index in [2.05, 4.69) is 27.4 Å². The van der Waals surface area contributed by atoms with Crippen LogP contribution in [0.1, 0.15) is 25.7 Å². The molecule has 1 aliphatic heterocycles. The van der Waals surface area contributed by atoms with E-state index in [9.17, 15) is 4.79 Å². The summed E-state index contributed by atoms with van der Waals surface area (Å²) in [5, 5.41) is 7.03. The maximum atomic E-state index is 11.9. The first kappa shape index (κ1) is 14.6. The van der Waals surface area contributed by atoms with Gasteiger partial charge in [0.2, 0.25) is 5.91 Å². The van der Waals surface area contributed by atoms with E-state index < -0.39 is 0 Å². The number of aryl methyl sites for hydroxylation is 1. The maximum absolute atomic E-state index is 11.9. The Morgan fingerprint density at radius 1 is 1.14 bits per heavy atom. The molecule has 3 rings (SSSR count). The molecular weight excluding hydrogens is 276 g/mol. The molecule has 1 aromatic carbocycles.